The van der Waals surface area contributed by atoms with Gasteiger partial charge >= 0.3 is 0 Å². The fraction of sp³-hybridized carbons (Fsp3) is 0.588. The largest absolute Gasteiger partial charge is 0.345 e. The van der Waals surface area contributed by atoms with Crippen molar-refractivity contribution in [1.82, 2.24) is 24.2 Å². The number of rotatable bonds is 3. The Kier molecular flexibility index (Phi) is 3.47. The minimum atomic E-state index is 0.162. The third kappa shape index (κ3) is 2.56. The lowest BCUT2D eigenvalue weighted by molar-refractivity contribution is 0.0672. The molecule has 1 aliphatic heterocycles. The highest BCUT2D eigenvalue weighted by atomic mass is 16.2. The van der Waals surface area contributed by atoms with E-state index in [0.717, 1.165) is 37.2 Å². The van der Waals surface area contributed by atoms with Crippen molar-refractivity contribution in [2.75, 3.05) is 13.1 Å². The summed E-state index contributed by atoms with van der Waals surface area (Å²) in [5.74, 6) is 0.162. The predicted octanol–water partition coefficient (Wildman–Crippen LogP) is 2.51. The summed E-state index contributed by atoms with van der Waals surface area (Å²) < 4.78 is 4.22. The maximum Gasteiger partial charge on any atom is 0.255 e. The highest BCUT2D eigenvalue weighted by Crippen LogP contribution is 2.38. The zero-order chi connectivity index (χ0) is 16.0. The van der Waals surface area contributed by atoms with E-state index in [4.69, 9.17) is 0 Å². The zero-order valence-corrected chi connectivity index (χ0v) is 13.8. The van der Waals surface area contributed by atoms with Crippen LogP contribution in [0, 0.1) is 13.8 Å². The first-order chi connectivity index (χ1) is 11.1. The maximum absolute atomic E-state index is 13.0. The molecule has 6 heteroatoms. The molecule has 0 unspecified atom stereocenters. The first-order valence-corrected chi connectivity index (χ1v) is 8.47. The van der Waals surface area contributed by atoms with Crippen molar-refractivity contribution in [2.45, 2.75) is 51.6 Å². The standard InChI is InChI=1S/C17H23N5O/c1-12-8-16(13(2)22(12)14-5-6-14)17(23)20-7-3-4-15(9-20)21-11-18-10-19-21/h8,10-11,14-15H,3-7,9H2,1-2H3/t15-/m0/s1. The lowest BCUT2D eigenvalue weighted by Crippen LogP contribution is -2.41. The number of carbonyl (C=O) groups excluding carboxylic acids is 1. The van der Waals surface area contributed by atoms with Crippen LogP contribution < -0.4 is 0 Å². The number of carbonyl (C=O) groups is 1. The number of hydrogen-bond acceptors (Lipinski definition) is 3. The Hall–Kier alpha value is -2.11. The smallest absolute Gasteiger partial charge is 0.255 e. The maximum atomic E-state index is 13.0. The van der Waals surface area contributed by atoms with Crippen molar-refractivity contribution < 1.29 is 4.79 Å². The second kappa shape index (κ2) is 5.51. The Balaban J connectivity index is 1.56. The molecule has 2 aromatic heterocycles. The summed E-state index contributed by atoms with van der Waals surface area (Å²) in [5, 5.41) is 4.24. The highest BCUT2D eigenvalue weighted by Gasteiger charge is 2.31. The third-order valence-corrected chi connectivity index (χ3v) is 5.12. The fourth-order valence-electron chi connectivity index (χ4n) is 3.82. The van der Waals surface area contributed by atoms with Gasteiger partial charge in [0.05, 0.1) is 11.6 Å². The van der Waals surface area contributed by atoms with Crippen molar-refractivity contribution in [3.8, 4) is 0 Å². The predicted molar refractivity (Wildman–Crippen MR) is 86.4 cm³/mol. The number of nitrogens with zero attached hydrogens (tertiary/aromatic N) is 5. The molecule has 4 rings (SSSR count). The Morgan fingerprint density at radius 2 is 2.04 bits per heavy atom. The molecule has 1 aliphatic carbocycles. The number of piperidine rings is 1. The molecular formula is C17H23N5O. The van der Waals surface area contributed by atoms with E-state index >= 15 is 0 Å². The van der Waals surface area contributed by atoms with E-state index in [9.17, 15) is 4.79 Å². The Bertz CT molecular complexity index is 714. The van der Waals surface area contributed by atoms with Gasteiger partial charge in [0, 0.05) is 30.5 Å². The van der Waals surface area contributed by atoms with Crippen molar-refractivity contribution >= 4 is 5.91 Å². The molecule has 0 radical (unpaired) electrons. The molecule has 0 N–H and O–H groups in total. The van der Waals surface area contributed by atoms with E-state index in [1.54, 1.807) is 12.7 Å². The van der Waals surface area contributed by atoms with E-state index in [2.05, 4.69) is 34.6 Å². The summed E-state index contributed by atoms with van der Waals surface area (Å²) >= 11 is 0. The second-order valence-corrected chi connectivity index (χ2v) is 6.81. The number of aryl methyl sites for hydroxylation is 1. The van der Waals surface area contributed by atoms with Gasteiger partial charge in [0.2, 0.25) is 0 Å². The van der Waals surface area contributed by atoms with Gasteiger partial charge in [-0.25, -0.2) is 9.67 Å². The molecule has 2 aromatic rings. The number of likely N-dealkylation sites (tertiary alicyclic amines) is 1. The number of aromatic nitrogens is 4. The van der Waals surface area contributed by atoms with Gasteiger partial charge in [-0.1, -0.05) is 0 Å². The molecular weight excluding hydrogens is 290 g/mol. The van der Waals surface area contributed by atoms with Gasteiger partial charge in [-0.2, -0.15) is 5.10 Å². The van der Waals surface area contributed by atoms with Crippen molar-refractivity contribution in [3.05, 3.63) is 35.7 Å². The van der Waals surface area contributed by atoms with E-state index < -0.39 is 0 Å². The lowest BCUT2D eigenvalue weighted by Gasteiger charge is -2.32. The van der Waals surface area contributed by atoms with Crippen LogP contribution in [0.5, 0.6) is 0 Å². The Labute approximate surface area is 136 Å². The molecule has 1 saturated heterocycles. The van der Waals surface area contributed by atoms with E-state index in [-0.39, 0.29) is 11.9 Å². The molecule has 122 valence electrons. The van der Waals surface area contributed by atoms with Gasteiger partial charge in [0.15, 0.2) is 0 Å². The highest BCUT2D eigenvalue weighted by molar-refractivity contribution is 5.95. The topological polar surface area (TPSA) is 56.0 Å². The van der Waals surface area contributed by atoms with Gasteiger partial charge in [0.1, 0.15) is 12.7 Å². The monoisotopic (exact) mass is 313 g/mol. The van der Waals surface area contributed by atoms with Crippen LogP contribution in [0.2, 0.25) is 0 Å². The van der Waals surface area contributed by atoms with Crippen LogP contribution in [0.15, 0.2) is 18.7 Å². The fourth-order valence-corrected chi connectivity index (χ4v) is 3.82. The van der Waals surface area contributed by atoms with Crippen LogP contribution in [0.25, 0.3) is 0 Å². The summed E-state index contributed by atoms with van der Waals surface area (Å²) in [6, 6.07) is 2.91. The van der Waals surface area contributed by atoms with Crippen LogP contribution in [0.4, 0.5) is 0 Å². The average Bonchev–Trinajstić information content (AvgIpc) is 3.13. The Morgan fingerprint density at radius 1 is 1.22 bits per heavy atom. The van der Waals surface area contributed by atoms with E-state index in [1.165, 1.54) is 18.5 Å². The first kappa shape index (κ1) is 14.5. The van der Waals surface area contributed by atoms with Crippen LogP contribution >= 0.6 is 0 Å². The molecule has 2 fully saturated rings. The van der Waals surface area contributed by atoms with Crippen LogP contribution in [-0.4, -0.2) is 43.2 Å². The molecule has 0 aromatic carbocycles. The minimum Gasteiger partial charge on any atom is -0.345 e. The third-order valence-electron chi connectivity index (χ3n) is 5.12. The zero-order valence-electron chi connectivity index (χ0n) is 13.8. The second-order valence-electron chi connectivity index (χ2n) is 6.81. The minimum absolute atomic E-state index is 0.162. The van der Waals surface area contributed by atoms with Crippen LogP contribution in [0.3, 0.4) is 0 Å². The van der Waals surface area contributed by atoms with Gasteiger partial charge in [-0.05, 0) is 45.6 Å². The van der Waals surface area contributed by atoms with E-state index in [1.807, 2.05) is 9.58 Å². The van der Waals surface area contributed by atoms with Gasteiger partial charge < -0.3 is 9.47 Å². The Morgan fingerprint density at radius 3 is 2.74 bits per heavy atom. The quantitative estimate of drug-likeness (QED) is 0.875. The normalized spacial score (nSPS) is 21.7. The van der Waals surface area contributed by atoms with Crippen molar-refractivity contribution in [2.24, 2.45) is 0 Å². The summed E-state index contributed by atoms with van der Waals surface area (Å²) in [7, 11) is 0. The van der Waals surface area contributed by atoms with Crippen molar-refractivity contribution in [1.29, 1.82) is 0 Å². The van der Waals surface area contributed by atoms with Gasteiger partial charge in [0.25, 0.3) is 5.91 Å². The molecule has 2 aliphatic rings. The van der Waals surface area contributed by atoms with E-state index in [0.29, 0.717) is 6.04 Å². The van der Waals surface area contributed by atoms with Crippen LogP contribution in [0.1, 0.15) is 59.5 Å². The van der Waals surface area contributed by atoms with Crippen LogP contribution in [-0.2, 0) is 0 Å². The number of amides is 1. The summed E-state index contributed by atoms with van der Waals surface area (Å²) in [4.78, 5) is 19.0. The molecule has 6 nitrogen and oxygen atoms in total. The molecule has 23 heavy (non-hydrogen) atoms. The summed E-state index contributed by atoms with van der Waals surface area (Å²) in [6.45, 7) is 5.74. The number of hydrogen-bond donors (Lipinski definition) is 0. The average molecular weight is 313 g/mol. The molecule has 1 saturated carbocycles. The molecule has 0 bridgehead atoms. The molecule has 1 amide bonds. The molecule has 3 heterocycles. The molecule has 0 spiro atoms. The molecule has 1 atom stereocenters. The summed E-state index contributed by atoms with van der Waals surface area (Å²) in [6.07, 6.45) is 7.84. The SMILES string of the molecule is Cc1cc(C(=O)N2CCC[C@H](n3cncn3)C2)c(C)n1C1CC1. The van der Waals surface area contributed by atoms with Gasteiger partial charge in [-0.15, -0.1) is 0 Å². The first-order valence-electron chi connectivity index (χ1n) is 8.47. The lowest BCUT2D eigenvalue weighted by atomic mass is 10.0. The summed E-state index contributed by atoms with van der Waals surface area (Å²) in [5.41, 5.74) is 3.20. The van der Waals surface area contributed by atoms with Crippen molar-refractivity contribution in [3.63, 3.8) is 0 Å². The van der Waals surface area contributed by atoms with Gasteiger partial charge in [-0.3, -0.25) is 4.79 Å².